The highest BCUT2D eigenvalue weighted by Crippen LogP contribution is 2.42. The third-order valence-electron chi connectivity index (χ3n) is 10.1. The number of esters is 1. The van der Waals surface area contributed by atoms with Crippen LogP contribution in [0.5, 0.6) is 11.8 Å². The first-order chi connectivity index (χ1) is 22.1. The maximum absolute atomic E-state index is 16.8. The van der Waals surface area contributed by atoms with E-state index in [1.165, 1.54) is 31.5 Å². The molecule has 2 aromatic carbocycles. The number of ether oxygens (including phenoxy) is 2. The number of benzene rings is 2. The van der Waals surface area contributed by atoms with Gasteiger partial charge in [0.1, 0.15) is 41.4 Å². The molecule has 0 aliphatic carbocycles. The highest BCUT2D eigenvalue weighted by Gasteiger charge is 2.49. The van der Waals surface area contributed by atoms with Gasteiger partial charge in [-0.25, -0.2) is 13.2 Å². The van der Waals surface area contributed by atoms with Gasteiger partial charge in [-0.15, -0.1) is 0 Å². The van der Waals surface area contributed by atoms with Crippen molar-refractivity contribution >= 4 is 33.5 Å². The largest absolute Gasteiger partial charge is 0.508 e. The summed E-state index contributed by atoms with van der Waals surface area (Å²) in [5.74, 6) is -1.80. The number of fused-ring (bicyclic) bond motifs is 3. The Balaban J connectivity index is 1.37. The summed E-state index contributed by atoms with van der Waals surface area (Å²) in [6.45, 7) is 5.78. The summed E-state index contributed by atoms with van der Waals surface area (Å²) in [6, 6.07) is 5.68. The Labute approximate surface area is 264 Å². The Kier molecular flexibility index (Phi) is 7.65. The van der Waals surface area contributed by atoms with Crippen molar-refractivity contribution in [1.82, 2.24) is 19.9 Å². The SMILES string of the molecule is CCc1c(F)ccc2cc(O)cc(-c3ncc4c(N5C[C@H](C(=O)OC)[C@@H](C)C5)nc(OC[C@@]56CCCN5C[C@H](F)C6)nc4c3F)c12. The molecule has 9 nitrogen and oxygen atoms in total. The topological polar surface area (TPSA) is 101 Å². The van der Waals surface area contributed by atoms with Crippen LogP contribution in [-0.2, 0) is 16.0 Å². The molecule has 1 N–H and O–H groups in total. The molecule has 0 radical (unpaired) electrons. The maximum Gasteiger partial charge on any atom is 0.319 e. The molecule has 3 fully saturated rings. The highest BCUT2D eigenvalue weighted by molar-refractivity contribution is 6.01. The fraction of sp³-hybridized carbons (Fsp3) is 0.471. The van der Waals surface area contributed by atoms with Gasteiger partial charge in [0.25, 0.3) is 0 Å². The van der Waals surface area contributed by atoms with E-state index in [2.05, 4.69) is 14.9 Å². The molecule has 0 spiro atoms. The van der Waals surface area contributed by atoms with E-state index in [1.807, 2.05) is 11.8 Å². The average Bonchev–Trinajstić information content (AvgIpc) is 3.71. The quantitative estimate of drug-likeness (QED) is 0.261. The van der Waals surface area contributed by atoms with E-state index in [-0.39, 0.29) is 47.0 Å². The van der Waals surface area contributed by atoms with Crippen LogP contribution in [0.3, 0.4) is 0 Å². The zero-order chi connectivity index (χ0) is 32.3. The van der Waals surface area contributed by atoms with E-state index in [0.717, 1.165) is 19.4 Å². The predicted octanol–water partition coefficient (Wildman–Crippen LogP) is 5.59. The zero-order valence-corrected chi connectivity index (χ0v) is 26.0. The standard InChI is InChI=1S/C34H36F3N5O4/c1-4-22-26(36)7-6-19-10-21(43)11-23(27(19)22)29-28(37)30-24(13-38-29)31(41-14-18(2)25(16-41)32(44)45-3)40-33(39-30)46-17-34-8-5-9-42(34)15-20(35)12-34/h6-7,10-11,13,18,20,25,43H,4-5,8-9,12,14-17H2,1-3H3/t18-,20+,25-,34-/m0/s1. The van der Waals surface area contributed by atoms with Gasteiger partial charge in [0.05, 0.1) is 24.0 Å². The Morgan fingerprint density at radius 1 is 1.17 bits per heavy atom. The molecule has 5 heterocycles. The lowest BCUT2D eigenvalue weighted by Crippen LogP contribution is -2.43. The Morgan fingerprint density at radius 2 is 2.00 bits per heavy atom. The second kappa shape index (κ2) is 11.6. The highest BCUT2D eigenvalue weighted by atomic mass is 19.1. The van der Waals surface area contributed by atoms with E-state index < -0.39 is 29.3 Å². The van der Waals surface area contributed by atoms with Gasteiger partial charge in [0.15, 0.2) is 5.82 Å². The number of carbonyl (C=O) groups is 1. The number of pyridine rings is 1. The molecule has 242 valence electrons. The number of phenols is 1. The molecule has 4 atom stereocenters. The minimum Gasteiger partial charge on any atom is -0.508 e. The number of halogens is 3. The van der Waals surface area contributed by atoms with Crippen molar-refractivity contribution < 1.29 is 32.5 Å². The Morgan fingerprint density at radius 3 is 2.78 bits per heavy atom. The summed E-state index contributed by atoms with van der Waals surface area (Å²) in [4.78, 5) is 30.2. The van der Waals surface area contributed by atoms with E-state index in [0.29, 0.717) is 60.0 Å². The molecular weight excluding hydrogens is 599 g/mol. The van der Waals surface area contributed by atoms with E-state index in [1.54, 1.807) is 13.0 Å². The number of anilines is 1. The normalized spacial score (nSPS) is 24.7. The summed E-state index contributed by atoms with van der Waals surface area (Å²) in [5, 5.41) is 11.9. The number of aromatic nitrogens is 3. The van der Waals surface area contributed by atoms with Gasteiger partial charge >= 0.3 is 12.0 Å². The van der Waals surface area contributed by atoms with Crippen molar-refractivity contribution in [3.05, 3.63) is 47.7 Å². The van der Waals surface area contributed by atoms with E-state index in [4.69, 9.17) is 14.5 Å². The molecule has 3 aliphatic heterocycles. The van der Waals surface area contributed by atoms with Gasteiger partial charge in [0, 0.05) is 37.8 Å². The number of methoxy groups -OCH3 is 1. The summed E-state index contributed by atoms with van der Waals surface area (Å²) in [5.41, 5.74) is -0.0403. The monoisotopic (exact) mass is 635 g/mol. The van der Waals surface area contributed by atoms with E-state index >= 15 is 4.39 Å². The number of aromatic hydroxyl groups is 1. The minimum atomic E-state index is -0.945. The van der Waals surface area contributed by atoms with Crippen LogP contribution in [0.15, 0.2) is 30.5 Å². The second-order valence-corrected chi connectivity index (χ2v) is 12.9. The van der Waals surface area contributed by atoms with Crippen molar-refractivity contribution in [3.63, 3.8) is 0 Å². The van der Waals surface area contributed by atoms with Crippen LogP contribution < -0.4 is 9.64 Å². The lowest BCUT2D eigenvalue weighted by molar-refractivity contribution is -0.145. The Bertz CT molecular complexity index is 1860. The molecule has 0 saturated carbocycles. The fourth-order valence-corrected chi connectivity index (χ4v) is 7.79. The van der Waals surface area contributed by atoms with E-state index in [9.17, 15) is 18.7 Å². The third-order valence-corrected chi connectivity index (χ3v) is 10.1. The number of alkyl halides is 1. The van der Waals surface area contributed by atoms with Crippen molar-refractivity contribution in [2.75, 3.05) is 44.8 Å². The van der Waals surface area contributed by atoms with Gasteiger partial charge in [-0.05, 0) is 66.3 Å². The van der Waals surface area contributed by atoms with Gasteiger partial charge in [-0.3, -0.25) is 14.7 Å². The molecule has 46 heavy (non-hydrogen) atoms. The lowest BCUT2D eigenvalue weighted by atomic mass is 9.94. The summed E-state index contributed by atoms with van der Waals surface area (Å²) in [7, 11) is 1.35. The molecule has 4 aromatic rings. The number of carbonyl (C=O) groups excluding carboxylic acids is 1. The lowest BCUT2D eigenvalue weighted by Gasteiger charge is -2.31. The van der Waals surface area contributed by atoms with Gasteiger partial charge in [-0.1, -0.05) is 19.9 Å². The summed E-state index contributed by atoms with van der Waals surface area (Å²) < 4.78 is 57.4. The molecular formula is C34H36F3N5O4. The van der Waals surface area contributed by atoms with Crippen molar-refractivity contribution in [1.29, 1.82) is 0 Å². The van der Waals surface area contributed by atoms with Crippen LogP contribution in [0.25, 0.3) is 32.9 Å². The van der Waals surface area contributed by atoms with Crippen LogP contribution in [-0.4, -0.2) is 82.5 Å². The van der Waals surface area contributed by atoms with Gasteiger partial charge in [0.2, 0.25) is 0 Å². The van der Waals surface area contributed by atoms with Crippen LogP contribution in [0.4, 0.5) is 19.0 Å². The Hall–Kier alpha value is -4.19. The number of hydrogen-bond acceptors (Lipinski definition) is 9. The minimum absolute atomic E-state index is 0.0640. The van der Waals surface area contributed by atoms with Gasteiger partial charge < -0.3 is 19.5 Å². The van der Waals surface area contributed by atoms with Crippen LogP contribution in [0.1, 0.15) is 38.7 Å². The smallest absolute Gasteiger partial charge is 0.319 e. The average molecular weight is 636 g/mol. The maximum atomic E-state index is 16.8. The molecule has 0 amide bonds. The molecule has 12 heteroatoms. The number of phenolic OH excluding ortho intramolecular Hbond substituents is 1. The predicted molar refractivity (Wildman–Crippen MR) is 167 cm³/mol. The molecule has 2 aromatic heterocycles. The van der Waals surface area contributed by atoms with Crippen LogP contribution in [0.2, 0.25) is 0 Å². The number of rotatable bonds is 7. The first kappa shape index (κ1) is 30.5. The summed E-state index contributed by atoms with van der Waals surface area (Å²) >= 11 is 0. The number of nitrogens with zero attached hydrogens (tertiary/aromatic N) is 5. The van der Waals surface area contributed by atoms with Crippen molar-refractivity contribution in [3.8, 4) is 23.0 Å². The molecule has 3 saturated heterocycles. The summed E-state index contributed by atoms with van der Waals surface area (Å²) in [6.07, 6.45) is 2.92. The van der Waals surface area contributed by atoms with Crippen LogP contribution >= 0.6 is 0 Å². The third kappa shape index (κ3) is 4.97. The fourth-order valence-electron chi connectivity index (χ4n) is 7.79. The number of aryl methyl sites for hydroxylation is 1. The zero-order valence-electron chi connectivity index (χ0n) is 26.0. The molecule has 0 unspecified atom stereocenters. The van der Waals surface area contributed by atoms with Crippen molar-refractivity contribution in [2.24, 2.45) is 11.8 Å². The molecule has 7 rings (SSSR count). The molecule has 0 bridgehead atoms. The number of hydrogen-bond donors (Lipinski definition) is 1. The second-order valence-electron chi connectivity index (χ2n) is 12.9. The van der Waals surface area contributed by atoms with Gasteiger partial charge in [-0.2, -0.15) is 9.97 Å². The first-order valence-corrected chi connectivity index (χ1v) is 15.8. The molecule has 3 aliphatic rings. The van der Waals surface area contributed by atoms with Crippen molar-refractivity contribution in [2.45, 2.75) is 51.2 Å². The van der Waals surface area contributed by atoms with Crippen LogP contribution in [0, 0.1) is 23.5 Å². The first-order valence-electron chi connectivity index (χ1n) is 15.8.